The van der Waals surface area contributed by atoms with Gasteiger partial charge in [0.1, 0.15) is 0 Å². The second kappa shape index (κ2) is 5.15. The number of alkyl halides is 3. The van der Waals surface area contributed by atoms with E-state index in [0.717, 1.165) is 18.5 Å². The first-order chi connectivity index (χ1) is 8.85. The fourth-order valence-corrected chi connectivity index (χ4v) is 2.82. The molecule has 2 rings (SSSR count). The van der Waals surface area contributed by atoms with E-state index >= 15 is 0 Å². The van der Waals surface area contributed by atoms with Gasteiger partial charge in [-0.25, -0.2) is 0 Å². The predicted molar refractivity (Wildman–Crippen MR) is 66.4 cm³/mol. The van der Waals surface area contributed by atoms with Crippen molar-refractivity contribution >= 4 is 0 Å². The monoisotopic (exact) mass is 275 g/mol. The first-order valence-corrected chi connectivity index (χ1v) is 6.73. The predicted octanol–water partition coefficient (Wildman–Crippen LogP) is 3.20. The van der Waals surface area contributed by atoms with Crippen molar-refractivity contribution < 1.29 is 13.2 Å². The zero-order valence-electron chi connectivity index (χ0n) is 11.1. The van der Waals surface area contributed by atoms with E-state index in [2.05, 4.69) is 5.10 Å². The lowest BCUT2D eigenvalue weighted by molar-refractivity contribution is -0.187. The van der Waals surface area contributed by atoms with Gasteiger partial charge < -0.3 is 5.73 Å². The highest BCUT2D eigenvalue weighted by atomic mass is 19.4. The molecule has 1 aromatic rings. The number of hydrogen-bond donors (Lipinski definition) is 1. The maximum Gasteiger partial charge on any atom is 0.391 e. The van der Waals surface area contributed by atoms with Crippen molar-refractivity contribution in [3.63, 3.8) is 0 Å². The van der Waals surface area contributed by atoms with Crippen LogP contribution in [0, 0.1) is 5.92 Å². The highest BCUT2D eigenvalue weighted by Crippen LogP contribution is 2.44. The number of aromatic nitrogens is 2. The summed E-state index contributed by atoms with van der Waals surface area (Å²) in [5.74, 6) is -1.29. The van der Waals surface area contributed by atoms with Crippen LogP contribution < -0.4 is 5.73 Å². The van der Waals surface area contributed by atoms with Gasteiger partial charge in [0.25, 0.3) is 0 Å². The van der Waals surface area contributed by atoms with E-state index in [1.165, 1.54) is 0 Å². The van der Waals surface area contributed by atoms with Crippen molar-refractivity contribution in [2.75, 3.05) is 0 Å². The lowest BCUT2D eigenvalue weighted by atomic mass is 9.73. The highest BCUT2D eigenvalue weighted by Gasteiger charge is 2.47. The molecular formula is C13H20F3N3. The Labute approximate surface area is 111 Å². The molecule has 0 amide bonds. The summed E-state index contributed by atoms with van der Waals surface area (Å²) < 4.78 is 40.3. The van der Waals surface area contributed by atoms with Gasteiger partial charge >= 0.3 is 6.18 Å². The van der Waals surface area contributed by atoms with Gasteiger partial charge in [0.05, 0.1) is 12.1 Å². The van der Waals surface area contributed by atoms with E-state index in [0.29, 0.717) is 12.8 Å². The van der Waals surface area contributed by atoms with Crippen molar-refractivity contribution in [3.8, 4) is 0 Å². The molecule has 2 unspecified atom stereocenters. The SMILES string of the molecule is CCCn1cc(C2(N)CCCC(C(F)(F)F)C2)cn1. The third-order valence-corrected chi connectivity index (χ3v) is 3.91. The van der Waals surface area contributed by atoms with E-state index in [-0.39, 0.29) is 12.8 Å². The fourth-order valence-electron chi connectivity index (χ4n) is 2.82. The molecule has 1 aliphatic carbocycles. The molecule has 19 heavy (non-hydrogen) atoms. The van der Waals surface area contributed by atoms with E-state index in [4.69, 9.17) is 5.73 Å². The number of halogens is 3. The van der Waals surface area contributed by atoms with Gasteiger partial charge in [-0.3, -0.25) is 4.68 Å². The van der Waals surface area contributed by atoms with Crippen LogP contribution in [0.25, 0.3) is 0 Å². The first kappa shape index (κ1) is 14.4. The van der Waals surface area contributed by atoms with E-state index in [1.54, 1.807) is 17.1 Å². The summed E-state index contributed by atoms with van der Waals surface area (Å²) in [7, 11) is 0. The topological polar surface area (TPSA) is 43.8 Å². The molecule has 2 atom stereocenters. The van der Waals surface area contributed by atoms with Crippen molar-refractivity contribution in [1.82, 2.24) is 9.78 Å². The standard InChI is InChI=1S/C13H20F3N3/c1-2-6-19-9-11(8-18-19)12(17)5-3-4-10(7-12)13(14,15)16/h8-10H,2-7,17H2,1H3. The molecule has 108 valence electrons. The zero-order chi connectivity index (χ0) is 14.1. The van der Waals surface area contributed by atoms with Crippen molar-refractivity contribution in [3.05, 3.63) is 18.0 Å². The van der Waals surface area contributed by atoms with E-state index in [9.17, 15) is 13.2 Å². The molecule has 0 aliphatic heterocycles. The van der Waals surface area contributed by atoms with Crippen molar-refractivity contribution in [1.29, 1.82) is 0 Å². The molecule has 2 N–H and O–H groups in total. The zero-order valence-corrected chi connectivity index (χ0v) is 11.1. The number of nitrogens with zero attached hydrogens (tertiary/aromatic N) is 2. The quantitative estimate of drug-likeness (QED) is 0.920. The fraction of sp³-hybridized carbons (Fsp3) is 0.769. The maximum atomic E-state index is 12.8. The minimum atomic E-state index is -4.15. The minimum absolute atomic E-state index is 0.0334. The van der Waals surface area contributed by atoms with Gasteiger partial charge in [0.2, 0.25) is 0 Å². The average molecular weight is 275 g/mol. The molecule has 1 fully saturated rings. The van der Waals surface area contributed by atoms with Gasteiger partial charge in [0, 0.05) is 23.8 Å². The summed E-state index contributed by atoms with van der Waals surface area (Å²) in [5, 5.41) is 4.17. The van der Waals surface area contributed by atoms with Crippen LogP contribution in [-0.4, -0.2) is 16.0 Å². The van der Waals surface area contributed by atoms with Crippen LogP contribution in [0.4, 0.5) is 13.2 Å². The Bertz CT molecular complexity index is 427. The van der Waals surface area contributed by atoms with Crippen LogP contribution >= 0.6 is 0 Å². The van der Waals surface area contributed by atoms with Gasteiger partial charge in [0.15, 0.2) is 0 Å². The highest BCUT2D eigenvalue weighted by molar-refractivity contribution is 5.19. The Morgan fingerprint density at radius 2 is 2.26 bits per heavy atom. The average Bonchev–Trinajstić information content (AvgIpc) is 2.78. The Morgan fingerprint density at radius 3 is 2.89 bits per heavy atom. The third kappa shape index (κ3) is 3.11. The van der Waals surface area contributed by atoms with Gasteiger partial charge in [-0.05, 0) is 25.7 Å². The number of hydrogen-bond acceptors (Lipinski definition) is 2. The smallest absolute Gasteiger partial charge is 0.321 e. The lowest BCUT2D eigenvalue weighted by Crippen LogP contribution is -2.44. The summed E-state index contributed by atoms with van der Waals surface area (Å²) in [6.45, 7) is 2.79. The van der Waals surface area contributed by atoms with Crippen LogP contribution in [0.15, 0.2) is 12.4 Å². The second-order valence-corrected chi connectivity index (χ2v) is 5.48. The third-order valence-electron chi connectivity index (χ3n) is 3.91. The Morgan fingerprint density at radius 1 is 1.53 bits per heavy atom. The molecule has 1 aromatic heterocycles. The number of rotatable bonds is 3. The molecule has 6 heteroatoms. The summed E-state index contributed by atoms with van der Waals surface area (Å²) in [6.07, 6.45) is 1.46. The minimum Gasteiger partial charge on any atom is -0.321 e. The van der Waals surface area contributed by atoms with Gasteiger partial charge in [-0.1, -0.05) is 13.3 Å². The number of nitrogens with two attached hydrogens (primary N) is 1. The normalized spacial score (nSPS) is 28.6. The molecule has 0 radical (unpaired) electrons. The van der Waals surface area contributed by atoms with Crippen molar-refractivity contribution in [2.24, 2.45) is 11.7 Å². The molecule has 0 spiro atoms. The maximum absolute atomic E-state index is 12.8. The molecule has 1 aliphatic rings. The van der Waals surface area contributed by atoms with Crippen LogP contribution in [0.2, 0.25) is 0 Å². The summed E-state index contributed by atoms with van der Waals surface area (Å²) in [4.78, 5) is 0. The van der Waals surface area contributed by atoms with E-state index in [1.807, 2.05) is 6.92 Å². The molecule has 0 aromatic carbocycles. The lowest BCUT2D eigenvalue weighted by Gasteiger charge is -2.38. The molecule has 0 saturated heterocycles. The molecule has 3 nitrogen and oxygen atoms in total. The Balaban J connectivity index is 2.16. The van der Waals surface area contributed by atoms with Gasteiger partial charge in [-0.15, -0.1) is 0 Å². The van der Waals surface area contributed by atoms with Crippen LogP contribution in [-0.2, 0) is 12.1 Å². The summed E-state index contributed by atoms with van der Waals surface area (Å²) in [6, 6.07) is 0. The van der Waals surface area contributed by atoms with Crippen molar-refractivity contribution in [2.45, 2.75) is 57.3 Å². The molecule has 0 bridgehead atoms. The number of aryl methyl sites for hydroxylation is 1. The van der Waals surface area contributed by atoms with Crippen LogP contribution in [0.1, 0.15) is 44.6 Å². The first-order valence-electron chi connectivity index (χ1n) is 6.73. The Hall–Kier alpha value is -1.04. The summed E-state index contributed by atoms with van der Waals surface area (Å²) >= 11 is 0. The summed E-state index contributed by atoms with van der Waals surface area (Å²) in [5.41, 5.74) is 6.07. The van der Waals surface area contributed by atoms with Crippen LogP contribution in [0.5, 0.6) is 0 Å². The van der Waals surface area contributed by atoms with Crippen LogP contribution in [0.3, 0.4) is 0 Å². The molecular weight excluding hydrogens is 255 g/mol. The molecule has 1 heterocycles. The van der Waals surface area contributed by atoms with Gasteiger partial charge in [-0.2, -0.15) is 18.3 Å². The molecule has 1 saturated carbocycles. The van der Waals surface area contributed by atoms with E-state index < -0.39 is 17.6 Å². The Kier molecular flexibility index (Phi) is 3.90. The second-order valence-electron chi connectivity index (χ2n) is 5.48. The largest absolute Gasteiger partial charge is 0.391 e.